The monoisotopic (exact) mass is 276 g/mol. The fraction of sp³-hybridized carbons (Fsp3) is 0. The summed E-state index contributed by atoms with van der Waals surface area (Å²) in [5.41, 5.74) is 5.65. The molecule has 0 unspecified atom stereocenters. The lowest BCUT2D eigenvalue weighted by Gasteiger charge is -2.11. The van der Waals surface area contributed by atoms with Crippen molar-refractivity contribution < 1.29 is 4.74 Å². The molecule has 0 heterocycles. The Morgan fingerprint density at radius 3 is 2.10 bits per heavy atom. The topological polar surface area (TPSA) is 47.3 Å². The molecule has 0 aliphatic carbocycles. The molecule has 3 aromatic carbocycles. The Bertz CT molecular complexity index is 709. The highest BCUT2D eigenvalue weighted by Crippen LogP contribution is 2.33. The van der Waals surface area contributed by atoms with Gasteiger partial charge in [0, 0.05) is 11.3 Å². The van der Waals surface area contributed by atoms with Gasteiger partial charge >= 0.3 is 0 Å². The molecular weight excluding hydrogens is 260 g/mol. The minimum Gasteiger partial charge on any atom is -0.457 e. The van der Waals surface area contributed by atoms with Crippen LogP contribution in [0.3, 0.4) is 0 Å². The molecule has 0 atom stereocenters. The van der Waals surface area contributed by atoms with E-state index in [1.807, 2.05) is 60.7 Å². The Morgan fingerprint density at radius 2 is 1.38 bits per heavy atom. The number of nitrogens with two attached hydrogens (primary N) is 1. The second kappa shape index (κ2) is 6.11. The SMILES string of the molecule is NNc1ccc(Oc2ccccc2-c2ccccc2)cc1. The van der Waals surface area contributed by atoms with Crippen molar-refractivity contribution in [3.63, 3.8) is 0 Å². The first-order chi connectivity index (χ1) is 10.4. The number of nitrogens with one attached hydrogen (secondary N) is 1. The summed E-state index contributed by atoms with van der Waals surface area (Å²) in [4.78, 5) is 0. The predicted molar refractivity (Wildman–Crippen MR) is 86.2 cm³/mol. The maximum atomic E-state index is 5.99. The van der Waals surface area contributed by atoms with E-state index in [1.54, 1.807) is 0 Å². The highest BCUT2D eigenvalue weighted by molar-refractivity contribution is 5.70. The largest absolute Gasteiger partial charge is 0.457 e. The van der Waals surface area contributed by atoms with Crippen LogP contribution in [-0.4, -0.2) is 0 Å². The molecule has 0 fully saturated rings. The molecule has 0 saturated carbocycles. The molecule has 3 aromatic rings. The summed E-state index contributed by atoms with van der Waals surface area (Å²) in [6, 6.07) is 25.7. The van der Waals surface area contributed by atoms with Crippen LogP contribution in [0.1, 0.15) is 0 Å². The second-order valence-corrected chi connectivity index (χ2v) is 4.63. The third-order valence-electron chi connectivity index (χ3n) is 3.22. The zero-order valence-electron chi connectivity index (χ0n) is 11.5. The average Bonchev–Trinajstić information content (AvgIpc) is 2.57. The van der Waals surface area contributed by atoms with Crippen LogP contribution in [0.2, 0.25) is 0 Å². The van der Waals surface area contributed by atoms with Crippen LogP contribution in [0.25, 0.3) is 11.1 Å². The van der Waals surface area contributed by atoms with Gasteiger partial charge in [-0.05, 0) is 35.9 Å². The van der Waals surface area contributed by atoms with E-state index >= 15 is 0 Å². The van der Waals surface area contributed by atoms with Crippen LogP contribution < -0.4 is 16.0 Å². The van der Waals surface area contributed by atoms with E-state index in [-0.39, 0.29) is 0 Å². The van der Waals surface area contributed by atoms with Crippen LogP contribution in [-0.2, 0) is 0 Å². The Labute approximate surface area is 124 Å². The van der Waals surface area contributed by atoms with Gasteiger partial charge in [-0.1, -0.05) is 48.5 Å². The van der Waals surface area contributed by atoms with Gasteiger partial charge < -0.3 is 10.2 Å². The molecule has 0 amide bonds. The zero-order chi connectivity index (χ0) is 14.5. The highest BCUT2D eigenvalue weighted by atomic mass is 16.5. The van der Waals surface area contributed by atoms with Crippen LogP contribution in [0.15, 0.2) is 78.9 Å². The number of anilines is 1. The molecule has 0 bridgehead atoms. The predicted octanol–water partition coefficient (Wildman–Crippen LogP) is 4.43. The number of hydrogen-bond acceptors (Lipinski definition) is 3. The summed E-state index contributed by atoms with van der Waals surface area (Å²) in [6.45, 7) is 0. The van der Waals surface area contributed by atoms with Gasteiger partial charge in [0.25, 0.3) is 0 Å². The van der Waals surface area contributed by atoms with Gasteiger partial charge in [-0.2, -0.15) is 0 Å². The third kappa shape index (κ3) is 3.04. The molecule has 0 aliphatic rings. The van der Waals surface area contributed by atoms with Crippen LogP contribution in [0.4, 0.5) is 5.69 Å². The molecule has 21 heavy (non-hydrogen) atoms. The molecule has 0 saturated heterocycles. The first-order valence-electron chi connectivity index (χ1n) is 6.76. The summed E-state index contributed by atoms with van der Waals surface area (Å²) in [6.07, 6.45) is 0. The van der Waals surface area contributed by atoms with Gasteiger partial charge in [0.2, 0.25) is 0 Å². The van der Waals surface area contributed by atoms with Crippen molar-refractivity contribution >= 4 is 5.69 Å². The van der Waals surface area contributed by atoms with E-state index in [0.29, 0.717) is 0 Å². The minimum atomic E-state index is 0.775. The number of hydrazine groups is 1. The van der Waals surface area contributed by atoms with E-state index < -0.39 is 0 Å². The third-order valence-corrected chi connectivity index (χ3v) is 3.22. The molecule has 3 rings (SSSR count). The quantitative estimate of drug-likeness (QED) is 0.547. The standard InChI is InChI=1S/C18H16N2O/c19-20-15-10-12-16(13-11-15)21-18-9-5-4-8-17(18)14-6-2-1-3-7-14/h1-13,20H,19H2. The first-order valence-corrected chi connectivity index (χ1v) is 6.76. The van der Waals surface area contributed by atoms with Crippen LogP contribution >= 0.6 is 0 Å². The maximum absolute atomic E-state index is 5.99. The van der Waals surface area contributed by atoms with Crippen molar-refractivity contribution in [1.29, 1.82) is 0 Å². The normalized spacial score (nSPS) is 10.1. The molecule has 3 N–H and O–H groups in total. The average molecular weight is 276 g/mol. The zero-order valence-corrected chi connectivity index (χ0v) is 11.5. The van der Waals surface area contributed by atoms with E-state index in [1.165, 1.54) is 0 Å². The van der Waals surface area contributed by atoms with Crippen LogP contribution in [0.5, 0.6) is 11.5 Å². The van der Waals surface area contributed by atoms with Gasteiger partial charge in [0.05, 0.1) is 0 Å². The van der Waals surface area contributed by atoms with Crippen molar-refractivity contribution in [3.8, 4) is 22.6 Å². The molecule has 0 spiro atoms. The van der Waals surface area contributed by atoms with E-state index in [4.69, 9.17) is 10.6 Å². The Hall–Kier alpha value is -2.78. The molecule has 3 heteroatoms. The summed E-state index contributed by atoms with van der Waals surface area (Å²) in [5.74, 6) is 6.97. The van der Waals surface area contributed by atoms with Gasteiger partial charge in [-0.3, -0.25) is 5.84 Å². The molecule has 104 valence electrons. The number of nitrogen functional groups attached to an aromatic ring is 1. The number of benzene rings is 3. The van der Waals surface area contributed by atoms with E-state index in [0.717, 1.165) is 28.3 Å². The lowest BCUT2D eigenvalue weighted by atomic mass is 10.1. The summed E-state index contributed by atoms with van der Waals surface area (Å²) < 4.78 is 5.99. The molecular formula is C18H16N2O. The number of hydrogen-bond donors (Lipinski definition) is 2. The fourth-order valence-electron chi connectivity index (χ4n) is 2.16. The van der Waals surface area contributed by atoms with Gasteiger partial charge in [0.1, 0.15) is 11.5 Å². The van der Waals surface area contributed by atoms with Crippen LogP contribution in [0, 0.1) is 0 Å². The molecule has 3 nitrogen and oxygen atoms in total. The molecule has 0 aliphatic heterocycles. The summed E-state index contributed by atoms with van der Waals surface area (Å²) >= 11 is 0. The Balaban J connectivity index is 1.92. The van der Waals surface area contributed by atoms with Gasteiger partial charge in [-0.25, -0.2) is 0 Å². The lowest BCUT2D eigenvalue weighted by molar-refractivity contribution is 0.484. The Morgan fingerprint density at radius 1 is 0.714 bits per heavy atom. The lowest BCUT2D eigenvalue weighted by Crippen LogP contribution is -2.05. The van der Waals surface area contributed by atoms with Crippen molar-refractivity contribution in [3.05, 3.63) is 78.9 Å². The van der Waals surface area contributed by atoms with Crippen molar-refractivity contribution in [2.24, 2.45) is 5.84 Å². The second-order valence-electron chi connectivity index (χ2n) is 4.63. The first kappa shape index (κ1) is 13.2. The molecule has 0 aromatic heterocycles. The Kier molecular flexibility index (Phi) is 3.85. The summed E-state index contributed by atoms with van der Waals surface area (Å²) in [5, 5.41) is 0. The smallest absolute Gasteiger partial charge is 0.135 e. The van der Waals surface area contributed by atoms with E-state index in [2.05, 4.69) is 23.6 Å². The maximum Gasteiger partial charge on any atom is 0.135 e. The number of para-hydroxylation sites is 1. The highest BCUT2D eigenvalue weighted by Gasteiger charge is 2.06. The van der Waals surface area contributed by atoms with Crippen molar-refractivity contribution in [1.82, 2.24) is 0 Å². The van der Waals surface area contributed by atoms with E-state index in [9.17, 15) is 0 Å². The fourth-order valence-corrected chi connectivity index (χ4v) is 2.16. The molecule has 0 radical (unpaired) electrons. The van der Waals surface area contributed by atoms with Gasteiger partial charge in [0.15, 0.2) is 0 Å². The van der Waals surface area contributed by atoms with Gasteiger partial charge in [-0.15, -0.1) is 0 Å². The summed E-state index contributed by atoms with van der Waals surface area (Å²) in [7, 11) is 0. The number of ether oxygens (including phenoxy) is 1. The van der Waals surface area contributed by atoms with Crippen molar-refractivity contribution in [2.75, 3.05) is 5.43 Å². The minimum absolute atomic E-state index is 0.775. The van der Waals surface area contributed by atoms with Crippen molar-refractivity contribution in [2.45, 2.75) is 0 Å². The number of rotatable bonds is 4.